The smallest absolute Gasteiger partial charge is 0.251 e. The third-order valence-corrected chi connectivity index (χ3v) is 4.56. The summed E-state index contributed by atoms with van der Waals surface area (Å²) in [6.45, 7) is 0.524. The Morgan fingerprint density at radius 3 is 2.24 bits per heavy atom. The maximum absolute atomic E-state index is 12.3. The van der Waals surface area contributed by atoms with Crippen molar-refractivity contribution >= 4 is 29.1 Å². The molecule has 0 unspecified atom stereocenters. The van der Waals surface area contributed by atoms with Gasteiger partial charge in [-0.15, -0.1) is 0 Å². The number of carbonyl (C=O) groups is 3. The Morgan fingerprint density at radius 1 is 1.03 bits per heavy atom. The normalized spacial score (nSPS) is 13.2. The van der Waals surface area contributed by atoms with E-state index < -0.39 is 5.91 Å². The molecular weight excluding hydrogens is 374 g/mol. The molecule has 152 valence electrons. The van der Waals surface area contributed by atoms with Gasteiger partial charge >= 0.3 is 0 Å². The molecule has 1 aliphatic rings. The molecule has 0 bridgehead atoms. The minimum atomic E-state index is -0.416. The van der Waals surface area contributed by atoms with Gasteiger partial charge in [0.25, 0.3) is 5.91 Å². The van der Waals surface area contributed by atoms with E-state index in [9.17, 15) is 14.4 Å². The molecule has 0 aliphatic carbocycles. The van der Waals surface area contributed by atoms with Crippen molar-refractivity contribution in [3.8, 4) is 11.5 Å². The summed E-state index contributed by atoms with van der Waals surface area (Å²) in [4.78, 5) is 38.0. The minimum Gasteiger partial charge on any atom is -0.497 e. The molecule has 2 aromatic carbocycles. The van der Waals surface area contributed by atoms with Crippen LogP contribution in [0, 0.1) is 0 Å². The first kappa shape index (κ1) is 20.2. The number of benzene rings is 2. The molecule has 1 heterocycles. The van der Waals surface area contributed by atoms with Gasteiger partial charge in [0.15, 0.2) is 0 Å². The predicted octanol–water partition coefficient (Wildman–Crippen LogP) is 2.20. The van der Waals surface area contributed by atoms with Crippen molar-refractivity contribution < 1.29 is 23.9 Å². The monoisotopic (exact) mass is 397 g/mol. The van der Waals surface area contributed by atoms with E-state index in [0.29, 0.717) is 35.7 Å². The first-order valence-corrected chi connectivity index (χ1v) is 9.21. The van der Waals surface area contributed by atoms with Gasteiger partial charge in [-0.3, -0.25) is 14.4 Å². The number of hydrogen-bond donors (Lipinski definition) is 2. The second kappa shape index (κ2) is 9.09. The number of anilines is 2. The van der Waals surface area contributed by atoms with Gasteiger partial charge in [-0.25, -0.2) is 0 Å². The summed E-state index contributed by atoms with van der Waals surface area (Å²) in [5.41, 5.74) is 1.72. The Balaban J connectivity index is 1.54. The highest BCUT2D eigenvalue weighted by atomic mass is 16.5. The summed E-state index contributed by atoms with van der Waals surface area (Å²) in [6, 6.07) is 11.8. The van der Waals surface area contributed by atoms with Crippen LogP contribution in [0.4, 0.5) is 11.4 Å². The molecule has 2 aromatic rings. The number of carbonyl (C=O) groups excluding carboxylic acids is 3. The number of amides is 3. The third kappa shape index (κ3) is 5.04. The van der Waals surface area contributed by atoms with Gasteiger partial charge < -0.3 is 25.0 Å². The Hall–Kier alpha value is -3.55. The summed E-state index contributed by atoms with van der Waals surface area (Å²) in [7, 11) is 2.99. The van der Waals surface area contributed by atoms with Crippen LogP contribution < -0.4 is 25.0 Å². The molecule has 2 N–H and O–H groups in total. The van der Waals surface area contributed by atoms with Crippen LogP contribution in [0.5, 0.6) is 11.5 Å². The van der Waals surface area contributed by atoms with Crippen molar-refractivity contribution in [2.24, 2.45) is 0 Å². The van der Waals surface area contributed by atoms with Gasteiger partial charge in [0.1, 0.15) is 11.5 Å². The Labute approximate surface area is 168 Å². The number of nitrogens with zero attached hydrogens (tertiary/aromatic N) is 1. The number of methoxy groups -OCH3 is 2. The van der Waals surface area contributed by atoms with Crippen LogP contribution in [-0.4, -0.2) is 45.0 Å². The van der Waals surface area contributed by atoms with Crippen LogP contribution in [0.15, 0.2) is 42.5 Å². The quantitative estimate of drug-likeness (QED) is 0.747. The molecule has 1 saturated heterocycles. The summed E-state index contributed by atoms with van der Waals surface area (Å²) in [5, 5.41) is 5.28. The average molecular weight is 397 g/mol. The van der Waals surface area contributed by atoms with Gasteiger partial charge in [-0.05, 0) is 42.8 Å². The van der Waals surface area contributed by atoms with Crippen molar-refractivity contribution in [1.29, 1.82) is 0 Å². The molecule has 1 aliphatic heterocycles. The van der Waals surface area contributed by atoms with E-state index in [4.69, 9.17) is 9.47 Å². The number of nitrogens with one attached hydrogen (secondary N) is 2. The third-order valence-electron chi connectivity index (χ3n) is 4.56. The molecule has 29 heavy (non-hydrogen) atoms. The van der Waals surface area contributed by atoms with Crippen LogP contribution in [0.25, 0.3) is 0 Å². The molecular formula is C21H23N3O5. The predicted molar refractivity (Wildman–Crippen MR) is 109 cm³/mol. The fraction of sp³-hybridized carbons (Fsp3) is 0.286. The van der Waals surface area contributed by atoms with Crippen LogP contribution in [0.3, 0.4) is 0 Å². The highest BCUT2D eigenvalue weighted by Gasteiger charge is 2.21. The average Bonchev–Trinajstić information content (AvgIpc) is 3.18. The number of rotatable bonds is 7. The number of hydrogen-bond acceptors (Lipinski definition) is 5. The van der Waals surface area contributed by atoms with Crippen LogP contribution in [0.2, 0.25) is 0 Å². The van der Waals surface area contributed by atoms with Crippen LogP contribution >= 0.6 is 0 Å². The molecule has 3 rings (SSSR count). The van der Waals surface area contributed by atoms with Gasteiger partial charge in [0.05, 0.1) is 20.8 Å². The lowest BCUT2D eigenvalue weighted by molar-refractivity contribution is -0.117. The van der Waals surface area contributed by atoms with E-state index in [1.165, 1.54) is 14.2 Å². The molecule has 1 fully saturated rings. The van der Waals surface area contributed by atoms with E-state index in [1.807, 2.05) is 0 Å². The Kier molecular flexibility index (Phi) is 6.33. The van der Waals surface area contributed by atoms with Gasteiger partial charge in [0.2, 0.25) is 11.8 Å². The van der Waals surface area contributed by atoms with E-state index in [2.05, 4.69) is 10.6 Å². The molecule has 0 aromatic heterocycles. The molecule has 0 spiro atoms. The zero-order chi connectivity index (χ0) is 20.8. The van der Waals surface area contributed by atoms with Crippen LogP contribution in [0.1, 0.15) is 23.2 Å². The molecule has 0 atom stereocenters. The fourth-order valence-corrected chi connectivity index (χ4v) is 3.05. The molecule has 0 saturated carbocycles. The lowest BCUT2D eigenvalue weighted by Gasteiger charge is -2.16. The van der Waals surface area contributed by atoms with Crippen LogP contribution in [-0.2, 0) is 9.59 Å². The van der Waals surface area contributed by atoms with E-state index in [1.54, 1.807) is 47.4 Å². The summed E-state index contributed by atoms with van der Waals surface area (Å²) < 4.78 is 10.3. The van der Waals surface area contributed by atoms with Gasteiger partial charge in [-0.1, -0.05) is 0 Å². The summed E-state index contributed by atoms with van der Waals surface area (Å²) in [6.07, 6.45) is 1.42. The lowest BCUT2D eigenvalue weighted by Crippen LogP contribution is -2.32. The Morgan fingerprint density at radius 2 is 1.69 bits per heavy atom. The highest BCUT2D eigenvalue weighted by molar-refractivity contribution is 6.00. The van der Waals surface area contributed by atoms with Gasteiger partial charge in [-0.2, -0.15) is 0 Å². The fourth-order valence-electron chi connectivity index (χ4n) is 3.05. The van der Waals surface area contributed by atoms with E-state index >= 15 is 0 Å². The zero-order valence-electron chi connectivity index (χ0n) is 16.4. The van der Waals surface area contributed by atoms with Crippen molar-refractivity contribution in [3.63, 3.8) is 0 Å². The van der Waals surface area contributed by atoms with E-state index in [-0.39, 0.29) is 18.4 Å². The second-order valence-corrected chi connectivity index (χ2v) is 6.53. The molecule has 0 radical (unpaired) electrons. The van der Waals surface area contributed by atoms with Crippen molar-refractivity contribution in [1.82, 2.24) is 5.32 Å². The van der Waals surface area contributed by atoms with Crippen molar-refractivity contribution in [3.05, 3.63) is 48.0 Å². The maximum atomic E-state index is 12.3. The first-order chi connectivity index (χ1) is 14.0. The maximum Gasteiger partial charge on any atom is 0.251 e. The van der Waals surface area contributed by atoms with Crippen molar-refractivity contribution in [2.75, 3.05) is 37.5 Å². The largest absolute Gasteiger partial charge is 0.497 e. The zero-order valence-corrected chi connectivity index (χ0v) is 16.4. The SMILES string of the molecule is COc1cc(OC)cc(C(=O)NCC(=O)Nc2ccc(N3CCCC3=O)cc2)c1. The topological polar surface area (TPSA) is 97.0 Å². The Bertz CT molecular complexity index is 889. The minimum absolute atomic E-state index is 0.110. The first-order valence-electron chi connectivity index (χ1n) is 9.21. The molecule has 3 amide bonds. The lowest BCUT2D eigenvalue weighted by atomic mass is 10.2. The summed E-state index contributed by atoms with van der Waals surface area (Å²) in [5.74, 6) is 0.295. The standard InChI is InChI=1S/C21H23N3O5/c1-28-17-10-14(11-18(12-17)29-2)21(27)22-13-19(25)23-15-5-7-16(8-6-15)24-9-3-4-20(24)26/h5-8,10-12H,3-4,9,13H2,1-2H3,(H,22,27)(H,23,25). The molecule has 8 heteroatoms. The second-order valence-electron chi connectivity index (χ2n) is 6.53. The highest BCUT2D eigenvalue weighted by Crippen LogP contribution is 2.23. The van der Waals surface area contributed by atoms with E-state index in [0.717, 1.165) is 12.1 Å². The number of ether oxygens (including phenoxy) is 2. The van der Waals surface area contributed by atoms with Crippen molar-refractivity contribution in [2.45, 2.75) is 12.8 Å². The summed E-state index contributed by atoms with van der Waals surface area (Å²) >= 11 is 0. The van der Waals surface area contributed by atoms with Gasteiger partial charge in [0, 0.05) is 36.0 Å². The molecule has 8 nitrogen and oxygen atoms in total.